The Morgan fingerprint density at radius 2 is 1.67 bits per heavy atom. The summed E-state index contributed by atoms with van der Waals surface area (Å²) in [5.41, 5.74) is 2.36. The van der Waals surface area contributed by atoms with Gasteiger partial charge < -0.3 is 5.32 Å². The van der Waals surface area contributed by atoms with Crippen LogP contribution in [0.4, 0.5) is 0 Å². The monoisotopic (exact) mass is 244 g/mol. The molecule has 2 aliphatic rings. The second-order valence-corrected chi connectivity index (χ2v) is 7.03. The van der Waals surface area contributed by atoms with E-state index in [0.29, 0.717) is 10.8 Å². The van der Waals surface area contributed by atoms with Crippen LogP contribution in [0.5, 0.6) is 0 Å². The summed E-state index contributed by atoms with van der Waals surface area (Å²) in [4.78, 5) is 2.65. The van der Waals surface area contributed by atoms with Crippen LogP contribution in [0, 0.1) is 10.8 Å². The molecule has 3 rings (SSSR count). The number of nitrogens with one attached hydrogen (secondary N) is 1. The Hall–Kier alpha value is -0.860. The van der Waals surface area contributed by atoms with E-state index in [0.717, 1.165) is 6.54 Å². The van der Waals surface area contributed by atoms with E-state index in [1.54, 1.807) is 0 Å². The molecule has 0 aliphatic carbocycles. The summed E-state index contributed by atoms with van der Waals surface area (Å²) in [6.07, 6.45) is 1.37. The number of hydrogen-bond donors (Lipinski definition) is 1. The van der Waals surface area contributed by atoms with Crippen molar-refractivity contribution in [1.82, 2.24) is 10.2 Å². The summed E-state index contributed by atoms with van der Waals surface area (Å²) in [5.74, 6) is 0. The predicted molar refractivity (Wildman–Crippen MR) is 75.4 cm³/mol. The Kier molecular flexibility index (Phi) is 2.95. The van der Waals surface area contributed by atoms with Crippen molar-refractivity contribution in [2.24, 2.45) is 10.8 Å². The minimum atomic E-state index is 0.458. The van der Waals surface area contributed by atoms with Crippen LogP contribution in [0.15, 0.2) is 30.3 Å². The molecule has 2 heterocycles. The van der Waals surface area contributed by atoms with Crippen molar-refractivity contribution < 1.29 is 0 Å². The fraction of sp³-hybridized carbons (Fsp3) is 0.625. The number of nitrogens with zero attached hydrogens (tertiary/aromatic N) is 1. The van der Waals surface area contributed by atoms with Gasteiger partial charge in [0.2, 0.25) is 0 Å². The lowest BCUT2D eigenvalue weighted by atomic mass is 9.66. The molecule has 2 aliphatic heterocycles. The van der Waals surface area contributed by atoms with E-state index in [9.17, 15) is 0 Å². The Labute approximate surface area is 110 Å². The largest absolute Gasteiger partial charge is 0.316 e. The zero-order valence-corrected chi connectivity index (χ0v) is 11.6. The highest BCUT2D eigenvalue weighted by molar-refractivity contribution is 5.15. The Morgan fingerprint density at radius 1 is 1.06 bits per heavy atom. The van der Waals surface area contributed by atoms with Crippen LogP contribution in [0.25, 0.3) is 0 Å². The summed E-state index contributed by atoms with van der Waals surface area (Å²) in [6.45, 7) is 10.8. The number of hydrogen-bond acceptors (Lipinski definition) is 2. The van der Waals surface area contributed by atoms with Gasteiger partial charge in [-0.2, -0.15) is 0 Å². The quantitative estimate of drug-likeness (QED) is 0.860. The SMILES string of the molecule is CC12CNCC(C)(CN(Cc3ccccc3)C1)C2. The van der Waals surface area contributed by atoms with E-state index in [-0.39, 0.29) is 0 Å². The first-order chi connectivity index (χ1) is 8.57. The standard InChI is InChI=1S/C16H24N2/c1-15-9-16(2,11-17-10-15)13-18(12-15)8-14-6-4-3-5-7-14/h3-7,17H,8-13H2,1-2H3. The summed E-state index contributed by atoms with van der Waals surface area (Å²) in [6, 6.07) is 10.9. The molecule has 0 aromatic heterocycles. The number of benzene rings is 1. The highest BCUT2D eigenvalue weighted by Gasteiger charge is 2.45. The van der Waals surface area contributed by atoms with Gasteiger partial charge in [0.15, 0.2) is 0 Å². The molecule has 2 bridgehead atoms. The fourth-order valence-electron chi connectivity index (χ4n) is 4.13. The molecule has 0 saturated carbocycles. The van der Waals surface area contributed by atoms with Crippen LogP contribution in [0.2, 0.25) is 0 Å². The van der Waals surface area contributed by atoms with Crippen molar-refractivity contribution in [3.05, 3.63) is 35.9 Å². The normalized spacial score (nSPS) is 36.6. The van der Waals surface area contributed by atoms with Crippen molar-refractivity contribution in [3.8, 4) is 0 Å². The molecule has 0 spiro atoms. The van der Waals surface area contributed by atoms with E-state index in [1.807, 2.05) is 0 Å². The van der Waals surface area contributed by atoms with Crippen LogP contribution < -0.4 is 5.32 Å². The minimum absolute atomic E-state index is 0.458. The first-order valence-corrected chi connectivity index (χ1v) is 7.04. The molecule has 2 saturated heterocycles. The number of rotatable bonds is 2. The Balaban J connectivity index is 1.74. The first-order valence-electron chi connectivity index (χ1n) is 7.04. The second-order valence-electron chi connectivity index (χ2n) is 7.03. The number of piperidine rings is 2. The highest BCUT2D eigenvalue weighted by atomic mass is 15.2. The van der Waals surface area contributed by atoms with Gasteiger partial charge >= 0.3 is 0 Å². The Bertz CT molecular complexity index is 398. The molecule has 98 valence electrons. The molecule has 2 fully saturated rings. The molecular weight excluding hydrogens is 220 g/mol. The average Bonchev–Trinajstić information content (AvgIpc) is 2.27. The molecule has 2 atom stereocenters. The third-order valence-electron chi connectivity index (χ3n) is 4.42. The van der Waals surface area contributed by atoms with Crippen LogP contribution >= 0.6 is 0 Å². The molecule has 18 heavy (non-hydrogen) atoms. The molecule has 1 aromatic carbocycles. The third kappa shape index (κ3) is 2.45. The molecule has 1 N–H and O–H groups in total. The summed E-state index contributed by atoms with van der Waals surface area (Å²) < 4.78 is 0. The van der Waals surface area contributed by atoms with E-state index >= 15 is 0 Å². The van der Waals surface area contributed by atoms with Gasteiger partial charge in [-0.05, 0) is 22.8 Å². The highest BCUT2D eigenvalue weighted by Crippen LogP contribution is 2.42. The van der Waals surface area contributed by atoms with Crippen LogP contribution in [-0.4, -0.2) is 31.1 Å². The van der Waals surface area contributed by atoms with Gasteiger partial charge in [-0.15, -0.1) is 0 Å². The maximum atomic E-state index is 3.63. The summed E-state index contributed by atoms with van der Waals surface area (Å²) in [5, 5.41) is 3.63. The number of likely N-dealkylation sites (tertiary alicyclic amines) is 1. The Morgan fingerprint density at radius 3 is 2.28 bits per heavy atom. The van der Waals surface area contributed by atoms with Crippen molar-refractivity contribution in [1.29, 1.82) is 0 Å². The van der Waals surface area contributed by atoms with Gasteiger partial charge in [0.05, 0.1) is 0 Å². The van der Waals surface area contributed by atoms with E-state index < -0.39 is 0 Å². The summed E-state index contributed by atoms with van der Waals surface area (Å²) >= 11 is 0. The van der Waals surface area contributed by atoms with Crippen molar-refractivity contribution >= 4 is 0 Å². The molecule has 2 nitrogen and oxygen atoms in total. The van der Waals surface area contributed by atoms with Crippen LogP contribution in [0.3, 0.4) is 0 Å². The lowest BCUT2D eigenvalue weighted by molar-refractivity contribution is -0.0237. The van der Waals surface area contributed by atoms with Gasteiger partial charge in [0, 0.05) is 32.7 Å². The fourth-order valence-corrected chi connectivity index (χ4v) is 4.13. The lowest BCUT2D eigenvalue weighted by Crippen LogP contribution is -2.60. The van der Waals surface area contributed by atoms with Gasteiger partial charge in [0.1, 0.15) is 0 Å². The lowest BCUT2D eigenvalue weighted by Gasteiger charge is -2.54. The van der Waals surface area contributed by atoms with E-state index in [4.69, 9.17) is 0 Å². The van der Waals surface area contributed by atoms with Crippen LogP contribution in [-0.2, 0) is 6.54 Å². The van der Waals surface area contributed by atoms with Crippen molar-refractivity contribution in [3.63, 3.8) is 0 Å². The van der Waals surface area contributed by atoms with Crippen LogP contribution in [0.1, 0.15) is 25.8 Å². The third-order valence-corrected chi connectivity index (χ3v) is 4.42. The van der Waals surface area contributed by atoms with Gasteiger partial charge in [0.25, 0.3) is 0 Å². The zero-order chi connectivity index (χ0) is 12.6. The minimum Gasteiger partial charge on any atom is -0.316 e. The second kappa shape index (κ2) is 4.36. The maximum Gasteiger partial charge on any atom is 0.0234 e. The van der Waals surface area contributed by atoms with Crippen molar-refractivity contribution in [2.45, 2.75) is 26.8 Å². The molecule has 2 unspecified atom stereocenters. The molecule has 0 radical (unpaired) electrons. The number of fused-ring (bicyclic) bond motifs is 2. The van der Waals surface area contributed by atoms with Gasteiger partial charge in [-0.1, -0.05) is 44.2 Å². The first kappa shape index (κ1) is 12.2. The average molecular weight is 244 g/mol. The van der Waals surface area contributed by atoms with E-state index in [2.05, 4.69) is 54.4 Å². The molecular formula is C16H24N2. The topological polar surface area (TPSA) is 15.3 Å². The van der Waals surface area contributed by atoms with Crippen molar-refractivity contribution in [2.75, 3.05) is 26.2 Å². The summed E-state index contributed by atoms with van der Waals surface area (Å²) in [7, 11) is 0. The predicted octanol–water partition coefficient (Wildman–Crippen LogP) is 2.51. The van der Waals surface area contributed by atoms with E-state index in [1.165, 1.54) is 38.2 Å². The molecule has 2 heteroatoms. The van der Waals surface area contributed by atoms with Gasteiger partial charge in [-0.25, -0.2) is 0 Å². The van der Waals surface area contributed by atoms with Gasteiger partial charge in [-0.3, -0.25) is 4.90 Å². The zero-order valence-electron chi connectivity index (χ0n) is 11.6. The molecule has 0 amide bonds. The maximum absolute atomic E-state index is 3.63. The smallest absolute Gasteiger partial charge is 0.0234 e. The molecule has 1 aromatic rings.